The summed E-state index contributed by atoms with van der Waals surface area (Å²) in [4.78, 5) is 0. The highest BCUT2D eigenvalue weighted by atomic mass is 35.5. The number of nitrogens with one attached hydrogen (secondary N) is 3. The number of halogens is 3. The SMILES string of the molecule is CNS(=O)(=O)N[C@@H]1CNCCO[C@H]1c1ccc(Cl)c(Cl)c1.Cl. The Morgan fingerprint density at radius 1 is 1.32 bits per heavy atom. The van der Waals surface area contributed by atoms with Crippen LogP contribution < -0.4 is 14.8 Å². The molecule has 0 saturated carbocycles. The van der Waals surface area contributed by atoms with Crippen LogP contribution in [-0.2, 0) is 14.9 Å². The number of rotatable bonds is 4. The summed E-state index contributed by atoms with van der Waals surface area (Å²) in [5.41, 5.74) is 0.775. The van der Waals surface area contributed by atoms with E-state index in [-0.39, 0.29) is 12.4 Å². The van der Waals surface area contributed by atoms with E-state index in [1.54, 1.807) is 18.2 Å². The molecule has 22 heavy (non-hydrogen) atoms. The molecule has 0 unspecified atom stereocenters. The van der Waals surface area contributed by atoms with Gasteiger partial charge in [-0.25, -0.2) is 4.72 Å². The van der Waals surface area contributed by atoms with Crippen molar-refractivity contribution in [3.8, 4) is 0 Å². The van der Waals surface area contributed by atoms with Crippen molar-refractivity contribution in [3.05, 3.63) is 33.8 Å². The lowest BCUT2D eigenvalue weighted by atomic mass is 10.0. The van der Waals surface area contributed by atoms with Gasteiger partial charge in [0, 0.05) is 20.1 Å². The molecule has 1 fully saturated rings. The van der Waals surface area contributed by atoms with Crippen LogP contribution in [0.3, 0.4) is 0 Å². The highest BCUT2D eigenvalue weighted by Crippen LogP contribution is 2.29. The average Bonchev–Trinajstić information content (AvgIpc) is 2.67. The zero-order chi connectivity index (χ0) is 15.5. The van der Waals surface area contributed by atoms with Gasteiger partial charge in [-0.15, -0.1) is 12.4 Å². The number of ether oxygens (including phenoxy) is 1. The molecule has 1 heterocycles. The highest BCUT2D eigenvalue weighted by molar-refractivity contribution is 7.87. The fraction of sp³-hybridized carbons (Fsp3) is 0.500. The van der Waals surface area contributed by atoms with Gasteiger partial charge >= 0.3 is 0 Å². The normalized spacial score (nSPS) is 22.7. The van der Waals surface area contributed by atoms with Gasteiger partial charge in [0.2, 0.25) is 0 Å². The molecular weight excluding hydrogens is 373 g/mol. The molecule has 1 aliphatic heterocycles. The lowest BCUT2D eigenvalue weighted by molar-refractivity contribution is 0.0493. The Labute approximate surface area is 146 Å². The summed E-state index contributed by atoms with van der Waals surface area (Å²) < 4.78 is 34.0. The van der Waals surface area contributed by atoms with Crippen LogP contribution in [0.4, 0.5) is 0 Å². The zero-order valence-corrected chi connectivity index (χ0v) is 15.0. The quantitative estimate of drug-likeness (QED) is 0.728. The van der Waals surface area contributed by atoms with Crippen LogP contribution in [0.2, 0.25) is 10.0 Å². The minimum absolute atomic E-state index is 0. The van der Waals surface area contributed by atoms with Crippen LogP contribution in [0, 0.1) is 0 Å². The van der Waals surface area contributed by atoms with Crippen LogP contribution in [0.25, 0.3) is 0 Å². The van der Waals surface area contributed by atoms with Crippen molar-refractivity contribution in [3.63, 3.8) is 0 Å². The summed E-state index contributed by atoms with van der Waals surface area (Å²) in [6, 6.07) is 4.69. The molecule has 0 aromatic heterocycles. The zero-order valence-electron chi connectivity index (χ0n) is 11.8. The Bertz CT molecular complexity index is 601. The molecule has 1 saturated heterocycles. The number of hydrogen-bond donors (Lipinski definition) is 3. The fourth-order valence-corrected chi connectivity index (χ4v) is 3.15. The summed E-state index contributed by atoms with van der Waals surface area (Å²) >= 11 is 11.9. The van der Waals surface area contributed by atoms with E-state index < -0.39 is 22.4 Å². The Morgan fingerprint density at radius 2 is 2.05 bits per heavy atom. The van der Waals surface area contributed by atoms with Gasteiger partial charge in [0.25, 0.3) is 10.2 Å². The Kier molecular flexibility index (Phi) is 7.84. The third kappa shape index (κ3) is 5.21. The summed E-state index contributed by atoms with van der Waals surface area (Å²) in [6.07, 6.45) is -0.446. The molecule has 0 bridgehead atoms. The summed E-state index contributed by atoms with van der Waals surface area (Å²) in [5, 5.41) is 3.98. The van der Waals surface area contributed by atoms with Gasteiger partial charge in [0.15, 0.2) is 0 Å². The van der Waals surface area contributed by atoms with E-state index in [1.165, 1.54) is 7.05 Å². The van der Waals surface area contributed by atoms with E-state index in [1.807, 2.05) is 0 Å². The first kappa shape index (κ1) is 19.9. The van der Waals surface area contributed by atoms with Crippen molar-refractivity contribution in [1.29, 1.82) is 0 Å². The molecule has 1 aromatic rings. The van der Waals surface area contributed by atoms with Gasteiger partial charge in [-0.3, -0.25) is 0 Å². The van der Waals surface area contributed by atoms with Crippen molar-refractivity contribution in [2.24, 2.45) is 0 Å². The predicted octanol–water partition coefficient (Wildman–Crippen LogP) is 1.50. The minimum atomic E-state index is -3.57. The molecule has 10 heteroatoms. The van der Waals surface area contributed by atoms with Gasteiger partial charge in [-0.2, -0.15) is 13.1 Å². The van der Waals surface area contributed by atoms with Crippen LogP contribution in [-0.4, -0.2) is 41.2 Å². The third-order valence-electron chi connectivity index (χ3n) is 3.15. The lowest BCUT2D eigenvalue weighted by Gasteiger charge is -2.26. The van der Waals surface area contributed by atoms with Gasteiger partial charge in [-0.05, 0) is 17.7 Å². The lowest BCUT2D eigenvalue weighted by Crippen LogP contribution is -2.48. The van der Waals surface area contributed by atoms with E-state index in [9.17, 15) is 8.42 Å². The van der Waals surface area contributed by atoms with Crippen LogP contribution >= 0.6 is 35.6 Å². The monoisotopic (exact) mass is 389 g/mol. The summed E-state index contributed by atoms with van der Waals surface area (Å²) in [7, 11) is -2.22. The highest BCUT2D eigenvalue weighted by Gasteiger charge is 2.29. The van der Waals surface area contributed by atoms with E-state index in [0.29, 0.717) is 29.7 Å². The average molecular weight is 391 g/mol. The number of hydrogen-bond acceptors (Lipinski definition) is 4. The second-order valence-electron chi connectivity index (χ2n) is 4.60. The van der Waals surface area contributed by atoms with Gasteiger partial charge < -0.3 is 10.1 Å². The first-order valence-electron chi connectivity index (χ1n) is 6.41. The van der Waals surface area contributed by atoms with Crippen molar-refractivity contribution < 1.29 is 13.2 Å². The Hall–Kier alpha value is -0.120. The van der Waals surface area contributed by atoms with Gasteiger partial charge in [0.05, 0.1) is 22.7 Å². The van der Waals surface area contributed by atoms with Crippen LogP contribution in [0.5, 0.6) is 0 Å². The van der Waals surface area contributed by atoms with E-state index >= 15 is 0 Å². The maximum Gasteiger partial charge on any atom is 0.277 e. The topological polar surface area (TPSA) is 79.5 Å². The van der Waals surface area contributed by atoms with Gasteiger partial charge in [0.1, 0.15) is 6.10 Å². The largest absolute Gasteiger partial charge is 0.370 e. The molecule has 1 aromatic carbocycles. The van der Waals surface area contributed by atoms with E-state index in [0.717, 1.165) is 5.56 Å². The van der Waals surface area contributed by atoms with Crippen molar-refractivity contribution in [2.75, 3.05) is 26.7 Å². The molecule has 6 nitrogen and oxygen atoms in total. The maximum absolute atomic E-state index is 11.7. The van der Waals surface area contributed by atoms with Crippen LogP contribution in [0.15, 0.2) is 18.2 Å². The second-order valence-corrected chi connectivity index (χ2v) is 7.07. The van der Waals surface area contributed by atoms with Crippen molar-refractivity contribution >= 4 is 45.8 Å². The standard InChI is InChI=1S/C12H17Cl2N3O3S.ClH/c1-15-21(18,19)17-11-7-16-4-5-20-12(11)8-2-3-9(13)10(14)6-8;/h2-3,6,11-12,15-17H,4-5,7H2,1H3;1H/t11-,12+;/m1./s1. The van der Waals surface area contributed by atoms with Crippen LogP contribution in [0.1, 0.15) is 11.7 Å². The minimum Gasteiger partial charge on any atom is -0.370 e. The third-order valence-corrected chi connectivity index (χ3v) is 5.04. The molecule has 1 aliphatic rings. The molecule has 0 spiro atoms. The smallest absolute Gasteiger partial charge is 0.277 e. The van der Waals surface area contributed by atoms with E-state index in [2.05, 4.69) is 14.8 Å². The molecule has 0 aliphatic carbocycles. The molecule has 2 rings (SSSR count). The predicted molar refractivity (Wildman–Crippen MR) is 90.2 cm³/mol. The van der Waals surface area contributed by atoms with E-state index in [4.69, 9.17) is 27.9 Å². The maximum atomic E-state index is 11.7. The summed E-state index contributed by atoms with van der Waals surface area (Å²) in [6.45, 7) is 1.57. The second kappa shape index (κ2) is 8.65. The molecular formula is C12H18Cl3N3O3S. The fourth-order valence-electron chi connectivity index (χ4n) is 2.12. The Balaban J connectivity index is 0.00000242. The molecule has 2 atom stereocenters. The molecule has 0 amide bonds. The summed E-state index contributed by atoms with van der Waals surface area (Å²) in [5.74, 6) is 0. The number of benzene rings is 1. The van der Waals surface area contributed by atoms with Crippen molar-refractivity contribution in [2.45, 2.75) is 12.1 Å². The van der Waals surface area contributed by atoms with Crippen molar-refractivity contribution in [1.82, 2.24) is 14.8 Å². The molecule has 0 radical (unpaired) electrons. The first-order chi connectivity index (χ1) is 9.93. The molecule has 126 valence electrons. The molecule has 3 N–H and O–H groups in total. The Morgan fingerprint density at radius 3 is 2.68 bits per heavy atom. The first-order valence-corrected chi connectivity index (χ1v) is 8.65. The van der Waals surface area contributed by atoms with Gasteiger partial charge in [-0.1, -0.05) is 29.3 Å².